The van der Waals surface area contributed by atoms with Crippen LogP contribution in [0.25, 0.3) is 0 Å². The van der Waals surface area contributed by atoms with Crippen molar-refractivity contribution in [3.8, 4) is 0 Å². The Balaban J connectivity index is 1.88. The Labute approximate surface area is 118 Å². The monoisotopic (exact) mass is 268 g/mol. The summed E-state index contributed by atoms with van der Waals surface area (Å²) in [4.78, 5) is 2.70. The smallest absolute Gasteiger partial charge is 0.0599 e. The summed E-state index contributed by atoms with van der Waals surface area (Å²) in [5.74, 6) is 1.80. The van der Waals surface area contributed by atoms with Gasteiger partial charge >= 0.3 is 0 Å². The van der Waals surface area contributed by atoms with Crippen LogP contribution in [0.3, 0.4) is 0 Å². The molecule has 0 spiro atoms. The molecule has 1 heterocycles. The summed E-state index contributed by atoms with van der Waals surface area (Å²) >= 11 is 0. The summed E-state index contributed by atoms with van der Waals surface area (Å²) < 4.78 is 5.53. The summed E-state index contributed by atoms with van der Waals surface area (Å²) in [6, 6.07) is 1.32. The number of nitrogens with zero attached hydrogens (tertiary/aromatic N) is 1. The zero-order chi connectivity index (χ0) is 13.8. The first kappa shape index (κ1) is 15.3. The van der Waals surface area contributed by atoms with Crippen LogP contribution in [0, 0.1) is 11.8 Å². The molecule has 2 rings (SSSR count). The first-order valence-corrected chi connectivity index (χ1v) is 8.14. The molecule has 0 radical (unpaired) electrons. The lowest BCUT2D eigenvalue weighted by atomic mass is 9.78. The molecule has 19 heavy (non-hydrogen) atoms. The van der Waals surface area contributed by atoms with Crippen LogP contribution in [0.15, 0.2) is 0 Å². The average molecular weight is 268 g/mol. The highest BCUT2D eigenvalue weighted by Gasteiger charge is 2.34. The van der Waals surface area contributed by atoms with Gasteiger partial charge in [0, 0.05) is 32.3 Å². The van der Waals surface area contributed by atoms with Gasteiger partial charge in [-0.3, -0.25) is 4.90 Å². The van der Waals surface area contributed by atoms with Gasteiger partial charge in [0.1, 0.15) is 0 Å². The Bertz CT molecular complexity index is 261. The molecule has 1 saturated heterocycles. The molecule has 2 fully saturated rings. The quantitative estimate of drug-likeness (QED) is 0.852. The van der Waals surface area contributed by atoms with E-state index in [2.05, 4.69) is 18.7 Å². The van der Waals surface area contributed by atoms with Gasteiger partial charge in [0.15, 0.2) is 0 Å². The molecule has 3 heteroatoms. The highest BCUT2D eigenvalue weighted by atomic mass is 16.5. The largest absolute Gasteiger partial charge is 0.381 e. The van der Waals surface area contributed by atoms with Crippen molar-refractivity contribution >= 4 is 0 Å². The lowest BCUT2D eigenvalue weighted by Crippen LogP contribution is -2.53. The molecule has 0 bridgehead atoms. The van der Waals surface area contributed by atoms with Gasteiger partial charge in [-0.2, -0.15) is 0 Å². The van der Waals surface area contributed by atoms with Gasteiger partial charge in [0.25, 0.3) is 0 Å². The molecule has 112 valence electrons. The van der Waals surface area contributed by atoms with Crippen LogP contribution in [0.5, 0.6) is 0 Å². The van der Waals surface area contributed by atoms with Gasteiger partial charge in [-0.05, 0) is 50.4 Å². The maximum absolute atomic E-state index is 6.00. The van der Waals surface area contributed by atoms with E-state index in [9.17, 15) is 0 Å². The molecule has 0 aromatic heterocycles. The van der Waals surface area contributed by atoms with Crippen LogP contribution in [0.4, 0.5) is 0 Å². The van der Waals surface area contributed by atoms with Crippen LogP contribution < -0.4 is 5.73 Å². The van der Waals surface area contributed by atoms with E-state index in [1.807, 2.05) is 7.11 Å². The van der Waals surface area contributed by atoms with E-state index >= 15 is 0 Å². The Kier molecular flexibility index (Phi) is 5.67. The molecular weight excluding hydrogens is 236 g/mol. The Morgan fingerprint density at radius 1 is 1.16 bits per heavy atom. The minimum atomic E-state index is 0.428. The number of ether oxygens (including phenoxy) is 1. The van der Waals surface area contributed by atoms with E-state index in [0.29, 0.717) is 12.1 Å². The number of piperidine rings is 1. The van der Waals surface area contributed by atoms with Crippen LogP contribution in [-0.4, -0.2) is 43.3 Å². The van der Waals surface area contributed by atoms with E-state index < -0.39 is 0 Å². The molecule has 1 aliphatic carbocycles. The van der Waals surface area contributed by atoms with Gasteiger partial charge in [-0.1, -0.05) is 13.8 Å². The second-order valence-corrected chi connectivity index (χ2v) is 6.82. The van der Waals surface area contributed by atoms with E-state index in [4.69, 9.17) is 10.5 Å². The summed E-state index contributed by atoms with van der Waals surface area (Å²) in [5.41, 5.74) is 6.00. The topological polar surface area (TPSA) is 38.5 Å². The Hall–Kier alpha value is -0.120. The minimum absolute atomic E-state index is 0.428. The minimum Gasteiger partial charge on any atom is -0.381 e. The summed E-state index contributed by atoms with van der Waals surface area (Å²) in [6.07, 6.45) is 8.28. The van der Waals surface area contributed by atoms with Crippen LogP contribution in [0.2, 0.25) is 0 Å². The first-order chi connectivity index (χ1) is 9.15. The Morgan fingerprint density at radius 2 is 1.84 bits per heavy atom. The Morgan fingerprint density at radius 3 is 2.37 bits per heavy atom. The molecular formula is C16H32N2O. The molecule has 0 aromatic rings. The number of rotatable bonds is 4. The van der Waals surface area contributed by atoms with Gasteiger partial charge in [0.2, 0.25) is 0 Å². The number of methoxy groups -OCH3 is 1. The molecule has 2 unspecified atom stereocenters. The molecule has 3 nitrogen and oxygen atoms in total. The second-order valence-electron chi connectivity index (χ2n) is 6.82. The fraction of sp³-hybridized carbons (Fsp3) is 1.00. The van der Waals surface area contributed by atoms with Gasteiger partial charge in [0.05, 0.1) is 6.10 Å². The van der Waals surface area contributed by atoms with Crippen molar-refractivity contribution in [2.45, 2.75) is 70.6 Å². The highest BCUT2D eigenvalue weighted by molar-refractivity contribution is 4.89. The lowest BCUT2D eigenvalue weighted by molar-refractivity contribution is -0.0152. The van der Waals surface area contributed by atoms with Crippen molar-refractivity contribution in [1.82, 2.24) is 4.90 Å². The number of hydrogen-bond donors (Lipinski definition) is 1. The molecule has 0 amide bonds. The van der Waals surface area contributed by atoms with Crippen molar-refractivity contribution in [2.24, 2.45) is 17.6 Å². The van der Waals surface area contributed by atoms with Crippen LogP contribution in [0.1, 0.15) is 52.4 Å². The summed E-state index contributed by atoms with van der Waals surface area (Å²) in [6.45, 7) is 6.71. The zero-order valence-corrected chi connectivity index (χ0v) is 13.0. The molecule has 1 saturated carbocycles. The summed E-state index contributed by atoms with van der Waals surface area (Å²) in [7, 11) is 1.84. The van der Waals surface area contributed by atoms with Gasteiger partial charge in [-0.15, -0.1) is 0 Å². The molecule has 2 aliphatic rings. The first-order valence-electron chi connectivity index (χ1n) is 8.14. The maximum atomic E-state index is 6.00. The van der Waals surface area contributed by atoms with Crippen molar-refractivity contribution in [3.63, 3.8) is 0 Å². The van der Waals surface area contributed by atoms with Gasteiger partial charge in [-0.25, -0.2) is 0 Å². The third-order valence-electron chi connectivity index (χ3n) is 5.47. The molecule has 0 aromatic carbocycles. The number of hydrogen-bond acceptors (Lipinski definition) is 3. The predicted octanol–water partition coefficient (Wildman–Crippen LogP) is 2.64. The fourth-order valence-electron chi connectivity index (χ4n) is 4.06. The maximum Gasteiger partial charge on any atom is 0.0599 e. The normalized spacial score (nSPS) is 37.7. The second kappa shape index (κ2) is 7.05. The van der Waals surface area contributed by atoms with Crippen LogP contribution >= 0.6 is 0 Å². The highest BCUT2D eigenvalue weighted by Crippen LogP contribution is 2.34. The lowest BCUT2D eigenvalue weighted by Gasteiger charge is -2.45. The molecule has 1 aliphatic heterocycles. The summed E-state index contributed by atoms with van der Waals surface area (Å²) in [5, 5.41) is 0. The fourth-order valence-corrected chi connectivity index (χ4v) is 4.06. The number of likely N-dealkylation sites (tertiary alicyclic amines) is 1. The van der Waals surface area contributed by atoms with Crippen LogP contribution in [-0.2, 0) is 4.74 Å². The predicted molar refractivity (Wildman–Crippen MR) is 80.2 cm³/mol. The van der Waals surface area contributed by atoms with Gasteiger partial charge < -0.3 is 10.5 Å². The van der Waals surface area contributed by atoms with E-state index in [-0.39, 0.29) is 0 Å². The SMILES string of the molecule is COC1CCN(C2CCC(C(C)C)CC2)C(CN)C1. The number of nitrogens with two attached hydrogens (primary N) is 1. The van der Waals surface area contributed by atoms with Crippen molar-refractivity contribution in [3.05, 3.63) is 0 Å². The van der Waals surface area contributed by atoms with E-state index in [1.165, 1.54) is 38.6 Å². The average Bonchev–Trinajstić information content (AvgIpc) is 2.46. The third-order valence-corrected chi connectivity index (χ3v) is 5.47. The molecule has 2 atom stereocenters. The van der Waals surface area contributed by atoms with E-state index in [0.717, 1.165) is 30.8 Å². The third kappa shape index (κ3) is 3.71. The van der Waals surface area contributed by atoms with Crippen molar-refractivity contribution < 1.29 is 4.74 Å². The standard InChI is InChI=1S/C16H32N2O/c1-12(2)13-4-6-14(7-5-13)18-9-8-16(19-3)10-15(18)11-17/h12-16H,4-11,17H2,1-3H3. The zero-order valence-electron chi connectivity index (χ0n) is 13.0. The van der Waals surface area contributed by atoms with Crippen molar-refractivity contribution in [1.29, 1.82) is 0 Å². The van der Waals surface area contributed by atoms with Crippen molar-refractivity contribution in [2.75, 3.05) is 20.2 Å². The van der Waals surface area contributed by atoms with E-state index in [1.54, 1.807) is 0 Å². The molecule has 2 N–H and O–H groups in total.